The molecule has 3 aromatic rings. The standard InChI is InChI=1S/C23H25FN4O2S/c1-15(2)13-28-21(26-27-23(28)31-14-17-8-3-5-9-18(17)24)12-25-22(29)20-11-16-7-4-6-10-19(16)30-20/h3-10,15,20H,11-14H2,1-2H3,(H,25,29)/t20-/m1/s1. The molecule has 0 saturated carbocycles. The van der Waals surface area contributed by atoms with E-state index in [1.165, 1.54) is 17.8 Å². The molecule has 2 heterocycles. The molecule has 0 aliphatic carbocycles. The normalized spacial score (nSPS) is 15.0. The lowest BCUT2D eigenvalue weighted by atomic mass is 10.1. The zero-order valence-electron chi connectivity index (χ0n) is 17.5. The summed E-state index contributed by atoms with van der Waals surface area (Å²) in [6, 6.07) is 14.4. The van der Waals surface area contributed by atoms with Crippen molar-refractivity contribution in [1.29, 1.82) is 0 Å². The fourth-order valence-corrected chi connectivity index (χ4v) is 4.42. The molecule has 0 fully saturated rings. The fraction of sp³-hybridized carbons (Fsp3) is 0.348. The van der Waals surface area contributed by atoms with Gasteiger partial charge in [0.1, 0.15) is 11.6 Å². The van der Waals surface area contributed by atoms with E-state index in [9.17, 15) is 9.18 Å². The zero-order valence-corrected chi connectivity index (χ0v) is 18.4. The molecule has 2 aromatic carbocycles. The number of fused-ring (bicyclic) bond motifs is 1. The van der Waals surface area contributed by atoms with Gasteiger partial charge < -0.3 is 14.6 Å². The van der Waals surface area contributed by atoms with Crippen LogP contribution in [0.3, 0.4) is 0 Å². The third-order valence-corrected chi connectivity index (χ3v) is 6.03. The minimum atomic E-state index is -0.534. The van der Waals surface area contributed by atoms with E-state index in [2.05, 4.69) is 29.4 Å². The van der Waals surface area contributed by atoms with E-state index >= 15 is 0 Å². The van der Waals surface area contributed by atoms with Crippen molar-refractivity contribution in [3.05, 3.63) is 71.3 Å². The van der Waals surface area contributed by atoms with Crippen LogP contribution in [0.25, 0.3) is 0 Å². The Bertz CT molecular complexity index is 1040. The van der Waals surface area contributed by atoms with Crippen LogP contribution in [0.5, 0.6) is 5.75 Å². The molecule has 0 radical (unpaired) electrons. The van der Waals surface area contributed by atoms with Gasteiger partial charge in [-0.25, -0.2) is 4.39 Å². The molecule has 8 heteroatoms. The minimum Gasteiger partial charge on any atom is -0.480 e. The van der Waals surface area contributed by atoms with Gasteiger partial charge in [-0.15, -0.1) is 10.2 Å². The molecule has 1 aromatic heterocycles. The van der Waals surface area contributed by atoms with E-state index < -0.39 is 6.10 Å². The van der Waals surface area contributed by atoms with Crippen LogP contribution in [-0.4, -0.2) is 26.8 Å². The van der Waals surface area contributed by atoms with Crippen molar-refractivity contribution in [2.75, 3.05) is 0 Å². The van der Waals surface area contributed by atoms with Gasteiger partial charge in [-0.2, -0.15) is 0 Å². The van der Waals surface area contributed by atoms with Gasteiger partial charge in [0.25, 0.3) is 5.91 Å². The summed E-state index contributed by atoms with van der Waals surface area (Å²) in [4.78, 5) is 12.6. The highest BCUT2D eigenvalue weighted by Gasteiger charge is 2.29. The van der Waals surface area contributed by atoms with Crippen molar-refractivity contribution in [2.24, 2.45) is 5.92 Å². The maximum absolute atomic E-state index is 13.9. The van der Waals surface area contributed by atoms with Crippen molar-refractivity contribution in [3.8, 4) is 5.75 Å². The molecule has 1 amide bonds. The lowest BCUT2D eigenvalue weighted by molar-refractivity contribution is -0.127. The van der Waals surface area contributed by atoms with Gasteiger partial charge in [-0.1, -0.05) is 62.0 Å². The van der Waals surface area contributed by atoms with Crippen molar-refractivity contribution in [2.45, 2.75) is 50.4 Å². The molecule has 0 bridgehead atoms. The average Bonchev–Trinajstić information content (AvgIpc) is 3.35. The highest BCUT2D eigenvalue weighted by molar-refractivity contribution is 7.98. The second kappa shape index (κ2) is 9.51. The summed E-state index contributed by atoms with van der Waals surface area (Å²) in [6.07, 6.45) is 0.0264. The van der Waals surface area contributed by atoms with Gasteiger partial charge in [0.05, 0.1) is 6.54 Å². The smallest absolute Gasteiger partial charge is 0.261 e. The number of ether oxygens (including phenoxy) is 1. The van der Waals surface area contributed by atoms with Gasteiger partial charge in [0.2, 0.25) is 0 Å². The van der Waals surface area contributed by atoms with E-state index in [0.717, 1.165) is 11.3 Å². The summed E-state index contributed by atoms with van der Waals surface area (Å²) < 4.78 is 21.7. The number of thioether (sulfide) groups is 1. The molecular weight excluding hydrogens is 415 g/mol. The number of hydrogen-bond acceptors (Lipinski definition) is 5. The second-order valence-corrected chi connectivity index (χ2v) is 8.86. The Morgan fingerprint density at radius 2 is 2.00 bits per heavy atom. The van der Waals surface area contributed by atoms with E-state index in [0.29, 0.717) is 41.2 Å². The summed E-state index contributed by atoms with van der Waals surface area (Å²) in [5.74, 6) is 1.87. The Balaban J connectivity index is 1.41. The molecule has 0 unspecified atom stereocenters. The number of benzene rings is 2. The van der Waals surface area contributed by atoms with Gasteiger partial charge in [0, 0.05) is 18.7 Å². The SMILES string of the molecule is CC(C)Cn1c(CNC(=O)[C@H]2Cc3ccccc3O2)nnc1SCc1ccccc1F. The number of amides is 1. The van der Waals surface area contributed by atoms with Gasteiger partial charge >= 0.3 is 0 Å². The van der Waals surface area contributed by atoms with E-state index in [-0.39, 0.29) is 18.3 Å². The highest BCUT2D eigenvalue weighted by Crippen LogP contribution is 2.28. The summed E-state index contributed by atoms with van der Waals surface area (Å²) in [6.45, 7) is 5.19. The number of nitrogens with one attached hydrogen (secondary N) is 1. The largest absolute Gasteiger partial charge is 0.480 e. The molecule has 4 rings (SSSR count). The van der Waals surface area contributed by atoms with Gasteiger partial charge in [-0.3, -0.25) is 4.79 Å². The van der Waals surface area contributed by atoms with Crippen molar-refractivity contribution >= 4 is 17.7 Å². The summed E-state index contributed by atoms with van der Waals surface area (Å²) in [5.41, 5.74) is 1.66. The lowest BCUT2D eigenvalue weighted by Crippen LogP contribution is -2.37. The highest BCUT2D eigenvalue weighted by atomic mass is 32.2. The molecule has 31 heavy (non-hydrogen) atoms. The van der Waals surface area contributed by atoms with Crippen molar-refractivity contribution < 1.29 is 13.9 Å². The van der Waals surface area contributed by atoms with Crippen LogP contribution in [0.1, 0.15) is 30.8 Å². The minimum absolute atomic E-state index is 0.171. The molecule has 1 atom stereocenters. The predicted octanol–water partition coefficient (Wildman–Crippen LogP) is 3.99. The van der Waals surface area contributed by atoms with Crippen LogP contribution in [0.15, 0.2) is 53.7 Å². The fourth-order valence-electron chi connectivity index (χ4n) is 3.47. The summed E-state index contributed by atoms with van der Waals surface area (Å²) >= 11 is 1.44. The van der Waals surface area contributed by atoms with Crippen LogP contribution in [0, 0.1) is 11.7 Å². The lowest BCUT2D eigenvalue weighted by Gasteiger charge is -2.14. The topological polar surface area (TPSA) is 69.0 Å². The first-order valence-corrected chi connectivity index (χ1v) is 11.3. The second-order valence-electron chi connectivity index (χ2n) is 7.92. The van der Waals surface area contributed by atoms with Crippen LogP contribution in [0.2, 0.25) is 0 Å². The number of rotatable bonds is 8. The number of para-hydroxylation sites is 1. The first-order chi connectivity index (χ1) is 15.0. The molecule has 6 nitrogen and oxygen atoms in total. The number of hydrogen-bond donors (Lipinski definition) is 1. The number of carbonyl (C=O) groups is 1. The Morgan fingerprint density at radius 3 is 2.77 bits per heavy atom. The zero-order chi connectivity index (χ0) is 21.8. The molecule has 1 aliphatic rings. The number of nitrogens with zero attached hydrogens (tertiary/aromatic N) is 3. The maximum Gasteiger partial charge on any atom is 0.261 e. The van der Waals surface area contributed by atoms with E-state index in [1.54, 1.807) is 12.1 Å². The third-order valence-electron chi connectivity index (χ3n) is 5.02. The van der Waals surface area contributed by atoms with Crippen LogP contribution in [0.4, 0.5) is 4.39 Å². The quantitative estimate of drug-likeness (QED) is 0.537. The first kappa shape index (κ1) is 21.4. The predicted molar refractivity (Wildman–Crippen MR) is 117 cm³/mol. The van der Waals surface area contributed by atoms with Crippen LogP contribution in [-0.2, 0) is 30.1 Å². The molecule has 0 saturated heterocycles. The first-order valence-electron chi connectivity index (χ1n) is 10.3. The number of halogens is 1. The van der Waals surface area contributed by atoms with Crippen LogP contribution >= 0.6 is 11.8 Å². The monoisotopic (exact) mass is 440 g/mol. The van der Waals surface area contributed by atoms with Crippen LogP contribution < -0.4 is 10.1 Å². The van der Waals surface area contributed by atoms with Crippen molar-refractivity contribution in [1.82, 2.24) is 20.1 Å². The summed E-state index contributed by atoms with van der Waals surface area (Å²) in [5, 5.41) is 12.2. The number of carbonyl (C=O) groups excluding carboxylic acids is 1. The maximum atomic E-state index is 13.9. The Hall–Kier alpha value is -2.87. The number of aromatic nitrogens is 3. The average molecular weight is 441 g/mol. The molecule has 1 N–H and O–H groups in total. The summed E-state index contributed by atoms with van der Waals surface area (Å²) in [7, 11) is 0. The molecule has 1 aliphatic heterocycles. The van der Waals surface area contributed by atoms with E-state index in [1.807, 2.05) is 34.9 Å². The molecule has 0 spiro atoms. The Kier molecular flexibility index (Phi) is 6.56. The van der Waals surface area contributed by atoms with Gasteiger partial charge in [-0.05, 0) is 29.2 Å². The Morgan fingerprint density at radius 1 is 1.23 bits per heavy atom. The van der Waals surface area contributed by atoms with Gasteiger partial charge in [0.15, 0.2) is 17.1 Å². The molecular formula is C23H25FN4O2S. The van der Waals surface area contributed by atoms with E-state index in [4.69, 9.17) is 4.74 Å². The van der Waals surface area contributed by atoms with Crippen molar-refractivity contribution in [3.63, 3.8) is 0 Å². The third kappa shape index (κ3) is 5.07. The molecule has 162 valence electrons. The Labute approximate surface area is 185 Å².